The topological polar surface area (TPSA) is 81.1 Å². The molecule has 0 saturated heterocycles. The standard InChI is InChI=1S/C25H29F2N3O3S/c1-16(17-6-7-18(22(27)12-17)15-34(5,32)33)24(31)28-14-21-13-23(25(2,3)4)29-30(21)20-10-8-19(26)9-11-20/h6-13,16H,14-15H2,1-5H3,(H,28,31). The third-order valence-corrected chi connectivity index (χ3v) is 6.29. The molecule has 1 aromatic heterocycles. The van der Waals surface area contributed by atoms with Gasteiger partial charge >= 0.3 is 0 Å². The molecule has 1 heterocycles. The Balaban J connectivity index is 1.79. The summed E-state index contributed by atoms with van der Waals surface area (Å²) in [4.78, 5) is 12.8. The minimum Gasteiger partial charge on any atom is -0.350 e. The van der Waals surface area contributed by atoms with Gasteiger partial charge < -0.3 is 5.32 Å². The number of nitrogens with zero attached hydrogens (tertiary/aromatic N) is 2. The SMILES string of the molecule is CC(C(=O)NCc1cc(C(C)(C)C)nn1-c1ccc(F)cc1)c1ccc(CS(C)(=O)=O)c(F)c1. The van der Waals surface area contributed by atoms with Crippen molar-refractivity contribution in [3.63, 3.8) is 0 Å². The molecule has 0 aliphatic rings. The molecule has 0 saturated carbocycles. The average Bonchev–Trinajstić information content (AvgIpc) is 3.17. The van der Waals surface area contributed by atoms with Crippen LogP contribution in [-0.4, -0.2) is 30.4 Å². The largest absolute Gasteiger partial charge is 0.350 e. The van der Waals surface area contributed by atoms with Crippen molar-refractivity contribution in [2.75, 3.05) is 6.26 Å². The Bertz CT molecular complexity index is 1290. The first-order chi connectivity index (χ1) is 15.7. The molecule has 0 bridgehead atoms. The number of rotatable bonds is 7. The Morgan fingerprint density at radius 3 is 2.29 bits per heavy atom. The minimum atomic E-state index is -3.37. The zero-order valence-electron chi connectivity index (χ0n) is 19.9. The molecule has 1 atom stereocenters. The van der Waals surface area contributed by atoms with E-state index in [1.807, 2.05) is 26.8 Å². The van der Waals surface area contributed by atoms with E-state index in [0.717, 1.165) is 11.9 Å². The van der Waals surface area contributed by atoms with Gasteiger partial charge in [-0.2, -0.15) is 5.10 Å². The van der Waals surface area contributed by atoms with E-state index in [0.29, 0.717) is 16.9 Å². The van der Waals surface area contributed by atoms with Gasteiger partial charge in [0.05, 0.1) is 35.3 Å². The summed E-state index contributed by atoms with van der Waals surface area (Å²) in [7, 11) is -3.37. The molecule has 0 spiro atoms. The van der Waals surface area contributed by atoms with Gasteiger partial charge in [-0.25, -0.2) is 21.9 Å². The second kappa shape index (κ2) is 9.66. The van der Waals surface area contributed by atoms with E-state index in [1.165, 1.54) is 24.3 Å². The molecule has 1 N–H and O–H groups in total. The summed E-state index contributed by atoms with van der Waals surface area (Å²) in [6.07, 6.45) is 1.04. The lowest BCUT2D eigenvalue weighted by Crippen LogP contribution is -2.28. The Morgan fingerprint density at radius 2 is 1.74 bits per heavy atom. The third kappa shape index (κ3) is 6.28. The molecule has 0 aliphatic carbocycles. The first-order valence-electron chi connectivity index (χ1n) is 10.8. The lowest BCUT2D eigenvalue weighted by atomic mass is 9.92. The van der Waals surface area contributed by atoms with Gasteiger partial charge in [-0.3, -0.25) is 4.79 Å². The number of nitrogens with one attached hydrogen (secondary N) is 1. The van der Waals surface area contributed by atoms with Gasteiger partial charge in [0.2, 0.25) is 5.91 Å². The van der Waals surface area contributed by atoms with Crippen LogP contribution < -0.4 is 5.32 Å². The lowest BCUT2D eigenvalue weighted by molar-refractivity contribution is -0.122. The van der Waals surface area contributed by atoms with E-state index in [9.17, 15) is 22.0 Å². The number of hydrogen-bond donors (Lipinski definition) is 1. The molecule has 1 amide bonds. The molecule has 182 valence electrons. The third-order valence-electron chi connectivity index (χ3n) is 5.45. The predicted molar refractivity (Wildman–Crippen MR) is 127 cm³/mol. The maximum absolute atomic E-state index is 14.4. The van der Waals surface area contributed by atoms with Crippen molar-refractivity contribution in [2.45, 2.75) is 51.3 Å². The van der Waals surface area contributed by atoms with Crippen LogP contribution in [0.2, 0.25) is 0 Å². The highest BCUT2D eigenvalue weighted by molar-refractivity contribution is 7.89. The number of halogens is 2. The minimum absolute atomic E-state index is 0.0665. The summed E-state index contributed by atoms with van der Waals surface area (Å²) in [5, 5.41) is 7.52. The van der Waals surface area contributed by atoms with E-state index in [2.05, 4.69) is 10.4 Å². The molecule has 3 rings (SSSR count). The maximum atomic E-state index is 14.4. The van der Waals surface area contributed by atoms with E-state index in [-0.39, 0.29) is 29.2 Å². The summed E-state index contributed by atoms with van der Waals surface area (Å²) in [5.41, 5.74) is 2.47. The number of benzene rings is 2. The summed E-state index contributed by atoms with van der Waals surface area (Å²) >= 11 is 0. The van der Waals surface area contributed by atoms with Crippen LogP contribution in [0.25, 0.3) is 5.69 Å². The number of amides is 1. The zero-order chi connectivity index (χ0) is 25.3. The van der Waals surface area contributed by atoms with Crippen LogP contribution in [0.15, 0.2) is 48.5 Å². The highest BCUT2D eigenvalue weighted by atomic mass is 32.2. The maximum Gasteiger partial charge on any atom is 0.227 e. The van der Waals surface area contributed by atoms with E-state index in [4.69, 9.17) is 0 Å². The molecule has 0 aliphatic heterocycles. The van der Waals surface area contributed by atoms with Crippen molar-refractivity contribution in [1.29, 1.82) is 0 Å². The van der Waals surface area contributed by atoms with Gasteiger partial charge in [-0.15, -0.1) is 0 Å². The fourth-order valence-electron chi connectivity index (χ4n) is 3.43. The van der Waals surface area contributed by atoms with Crippen LogP contribution in [-0.2, 0) is 32.3 Å². The second-order valence-corrected chi connectivity index (χ2v) is 11.7. The van der Waals surface area contributed by atoms with Crippen LogP contribution in [0.3, 0.4) is 0 Å². The fourth-order valence-corrected chi connectivity index (χ4v) is 4.23. The van der Waals surface area contributed by atoms with Crippen LogP contribution in [0.1, 0.15) is 56.1 Å². The molecule has 6 nitrogen and oxygen atoms in total. The first kappa shape index (κ1) is 25.6. The van der Waals surface area contributed by atoms with Crippen molar-refractivity contribution in [3.8, 4) is 5.69 Å². The monoisotopic (exact) mass is 489 g/mol. The van der Waals surface area contributed by atoms with Gasteiger partial charge in [-0.05, 0) is 48.9 Å². The van der Waals surface area contributed by atoms with Gasteiger partial charge in [-0.1, -0.05) is 32.9 Å². The highest BCUT2D eigenvalue weighted by Gasteiger charge is 2.22. The van der Waals surface area contributed by atoms with E-state index >= 15 is 0 Å². The lowest BCUT2D eigenvalue weighted by Gasteiger charge is -2.14. The van der Waals surface area contributed by atoms with E-state index in [1.54, 1.807) is 29.8 Å². The van der Waals surface area contributed by atoms with Gasteiger partial charge in [0.25, 0.3) is 0 Å². The molecule has 0 radical (unpaired) electrons. The Labute approximate surface area is 198 Å². The number of hydrogen-bond acceptors (Lipinski definition) is 4. The van der Waals surface area contributed by atoms with Crippen molar-refractivity contribution < 1.29 is 22.0 Å². The van der Waals surface area contributed by atoms with Crippen LogP contribution >= 0.6 is 0 Å². The summed E-state index contributed by atoms with van der Waals surface area (Å²) in [6, 6.07) is 12.0. The molecule has 34 heavy (non-hydrogen) atoms. The summed E-state index contributed by atoms with van der Waals surface area (Å²) in [5.74, 6) is -2.40. The quantitative estimate of drug-likeness (QED) is 0.533. The van der Waals surface area contributed by atoms with Gasteiger partial charge in [0, 0.05) is 17.2 Å². The predicted octanol–water partition coefficient (Wildman–Crippen LogP) is 4.41. The number of carbonyl (C=O) groups excluding carboxylic acids is 1. The smallest absolute Gasteiger partial charge is 0.227 e. The molecule has 9 heteroatoms. The van der Waals surface area contributed by atoms with Gasteiger partial charge in [0.15, 0.2) is 9.84 Å². The van der Waals surface area contributed by atoms with Crippen LogP contribution in [0.4, 0.5) is 8.78 Å². The van der Waals surface area contributed by atoms with Crippen molar-refractivity contribution >= 4 is 15.7 Å². The molecular weight excluding hydrogens is 460 g/mol. The van der Waals surface area contributed by atoms with Crippen LogP contribution in [0.5, 0.6) is 0 Å². The molecule has 1 unspecified atom stereocenters. The van der Waals surface area contributed by atoms with E-state index < -0.39 is 27.3 Å². The van der Waals surface area contributed by atoms with Crippen molar-refractivity contribution in [1.82, 2.24) is 15.1 Å². The summed E-state index contributed by atoms with van der Waals surface area (Å²) in [6.45, 7) is 7.89. The Kier molecular flexibility index (Phi) is 7.26. The van der Waals surface area contributed by atoms with Gasteiger partial charge in [0.1, 0.15) is 11.6 Å². The van der Waals surface area contributed by atoms with Crippen molar-refractivity contribution in [2.24, 2.45) is 0 Å². The number of carbonyl (C=O) groups is 1. The normalized spacial score (nSPS) is 13.0. The Hall–Kier alpha value is -3.07. The number of sulfone groups is 1. The second-order valence-electron chi connectivity index (χ2n) is 9.52. The number of aromatic nitrogens is 2. The summed E-state index contributed by atoms with van der Waals surface area (Å²) < 4.78 is 52.4. The highest BCUT2D eigenvalue weighted by Crippen LogP contribution is 2.25. The fraction of sp³-hybridized carbons (Fsp3) is 0.360. The molecule has 2 aromatic carbocycles. The van der Waals surface area contributed by atoms with Crippen molar-refractivity contribution in [3.05, 3.63) is 82.7 Å². The first-order valence-corrected chi connectivity index (χ1v) is 12.9. The molecule has 3 aromatic rings. The van der Waals surface area contributed by atoms with Crippen LogP contribution in [0, 0.1) is 11.6 Å². The average molecular weight is 490 g/mol. The molecular formula is C25H29F2N3O3S. The zero-order valence-corrected chi connectivity index (χ0v) is 20.7. The Morgan fingerprint density at radius 1 is 1.09 bits per heavy atom. The molecule has 0 fully saturated rings.